The van der Waals surface area contributed by atoms with Gasteiger partial charge in [-0.25, -0.2) is 9.10 Å². The number of carbonyl (C=O) groups excluding carboxylic acids is 1. The van der Waals surface area contributed by atoms with Crippen molar-refractivity contribution in [3.63, 3.8) is 0 Å². The van der Waals surface area contributed by atoms with Crippen molar-refractivity contribution in [3.8, 4) is 0 Å². The van der Waals surface area contributed by atoms with Crippen molar-refractivity contribution in [2.75, 3.05) is 19.8 Å². The Morgan fingerprint density at radius 2 is 1.53 bits per heavy atom. The van der Waals surface area contributed by atoms with Gasteiger partial charge in [-0.1, -0.05) is 30.3 Å². The third kappa shape index (κ3) is 7.31. The van der Waals surface area contributed by atoms with E-state index in [4.69, 9.17) is 4.89 Å². The quantitative estimate of drug-likeness (QED) is 0.310. The molecular weight excluding hydrogens is 464 g/mol. The third-order valence-electron chi connectivity index (χ3n) is 4.32. The van der Waals surface area contributed by atoms with Gasteiger partial charge in [0, 0.05) is 19.8 Å². The van der Waals surface area contributed by atoms with Gasteiger partial charge < -0.3 is 4.90 Å². The molecule has 0 saturated carbocycles. The van der Waals surface area contributed by atoms with Gasteiger partial charge in [0.1, 0.15) is 0 Å². The number of rotatable bonds is 8. The Hall–Kier alpha value is -2.44. The molecule has 0 aromatic heterocycles. The number of hydrogen-bond donors (Lipinski definition) is 0. The Balaban J connectivity index is 2.21. The number of hydrogen-bond acceptors (Lipinski definition) is 4. The summed E-state index contributed by atoms with van der Waals surface area (Å²) in [7, 11) is 1.31. The largest absolute Gasteiger partial charge is 0.416 e. The molecule has 12 heteroatoms. The smallest absolute Gasteiger partial charge is 0.343 e. The first-order chi connectivity index (χ1) is 14.8. The van der Waals surface area contributed by atoms with E-state index in [1.807, 2.05) is 0 Å². The number of amides is 1. The van der Waals surface area contributed by atoms with E-state index in [-0.39, 0.29) is 24.6 Å². The Labute approximate surface area is 182 Å². The van der Waals surface area contributed by atoms with Crippen LogP contribution in [0, 0.1) is 0 Å². The van der Waals surface area contributed by atoms with E-state index in [9.17, 15) is 35.3 Å². The van der Waals surface area contributed by atoms with Crippen LogP contribution < -0.4 is 0 Å². The lowest BCUT2D eigenvalue weighted by molar-refractivity contribution is -0.238. The second-order valence-corrected chi connectivity index (χ2v) is 7.72. The fourth-order valence-electron chi connectivity index (χ4n) is 2.73. The molecule has 0 fully saturated rings. The van der Waals surface area contributed by atoms with Gasteiger partial charge in [-0.15, -0.1) is 4.33 Å². The number of halogens is 6. The minimum atomic E-state index is -4.96. The van der Waals surface area contributed by atoms with Crippen molar-refractivity contribution >= 4 is 17.0 Å². The highest BCUT2D eigenvalue weighted by Crippen LogP contribution is 2.36. The molecule has 0 heterocycles. The lowest BCUT2D eigenvalue weighted by atomic mass is 10.0. The molecular formula is C20H19F6NO4S. The Bertz CT molecular complexity index is 917. The zero-order valence-electron chi connectivity index (χ0n) is 16.9. The summed E-state index contributed by atoms with van der Waals surface area (Å²) in [6.07, 6.45) is -10.4. The molecule has 2 atom stereocenters. The van der Waals surface area contributed by atoms with E-state index in [0.29, 0.717) is 17.7 Å². The molecule has 2 rings (SSSR count). The number of benzene rings is 2. The Morgan fingerprint density at radius 3 is 2.00 bits per heavy atom. The highest BCUT2D eigenvalue weighted by Gasteiger charge is 2.37. The number of likely N-dealkylation sites (N-methyl/N-ethyl adjacent to an activating group) is 1. The van der Waals surface area contributed by atoms with Crippen LogP contribution in [0.15, 0.2) is 48.5 Å². The first-order valence-corrected chi connectivity index (χ1v) is 10.5. The molecule has 0 N–H and O–H groups in total. The van der Waals surface area contributed by atoms with Crippen LogP contribution >= 0.6 is 0 Å². The summed E-state index contributed by atoms with van der Waals surface area (Å²) in [6, 6.07) is 9.26. The van der Waals surface area contributed by atoms with Crippen LogP contribution in [0.3, 0.4) is 0 Å². The van der Waals surface area contributed by atoms with Crippen molar-refractivity contribution in [1.29, 1.82) is 0 Å². The van der Waals surface area contributed by atoms with Crippen LogP contribution in [0.25, 0.3) is 0 Å². The molecule has 0 aliphatic heterocycles. The maximum absolute atomic E-state index is 13.0. The van der Waals surface area contributed by atoms with E-state index in [1.165, 1.54) is 13.3 Å². The summed E-state index contributed by atoms with van der Waals surface area (Å²) in [5.74, 6) is -0.690. The molecule has 0 saturated heterocycles. The summed E-state index contributed by atoms with van der Waals surface area (Å²) in [5.41, 5.74) is -2.75. The molecule has 0 spiro atoms. The average Bonchev–Trinajstić information content (AvgIpc) is 2.71. The van der Waals surface area contributed by atoms with Gasteiger partial charge in [-0.2, -0.15) is 26.3 Å². The maximum Gasteiger partial charge on any atom is 0.416 e. The first-order valence-electron chi connectivity index (χ1n) is 9.04. The first kappa shape index (κ1) is 25.8. The molecule has 0 bridgehead atoms. The fraction of sp³-hybridized carbons (Fsp3) is 0.350. The van der Waals surface area contributed by atoms with E-state index in [2.05, 4.69) is 4.33 Å². The molecule has 0 aliphatic carbocycles. The predicted octanol–water partition coefficient (Wildman–Crippen LogP) is 4.71. The van der Waals surface area contributed by atoms with Crippen LogP contribution in [0.4, 0.5) is 26.3 Å². The minimum absolute atomic E-state index is 0.0415. The molecule has 0 radical (unpaired) electrons. The molecule has 2 aromatic carbocycles. The highest BCUT2D eigenvalue weighted by molar-refractivity contribution is 7.79. The van der Waals surface area contributed by atoms with Gasteiger partial charge in [-0.3, -0.25) is 4.79 Å². The normalized spacial score (nSPS) is 14.1. The van der Waals surface area contributed by atoms with E-state index in [1.54, 1.807) is 30.3 Å². The molecule has 0 aliphatic rings. The molecule has 2 aromatic rings. The van der Waals surface area contributed by atoms with Crippen molar-refractivity contribution in [2.24, 2.45) is 0 Å². The molecule has 1 amide bonds. The van der Waals surface area contributed by atoms with Gasteiger partial charge in [0.05, 0.1) is 11.1 Å². The van der Waals surface area contributed by atoms with Crippen molar-refractivity contribution in [1.82, 2.24) is 4.90 Å². The van der Waals surface area contributed by atoms with Crippen LogP contribution in [-0.4, -0.2) is 34.9 Å². The summed E-state index contributed by atoms with van der Waals surface area (Å²) in [4.78, 5) is 18.8. The number of alkyl halides is 6. The SMILES string of the molecule is CN(CCc1cc(C(F)(F)F)cc(C(F)(F)F)c1)C(=O)[C@H](OOS(C)=O)c1ccccc1. The third-order valence-corrected chi connectivity index (χ3v) is 4.59. The van der Waals surface area contributed by atoms with E-state index in [0.717, 1.165) is 4.90 Å². The average molecular weight is 483 g/mol. The summed E-state index contributed by atoms with van der Waals surface area (Å²) in [6.45, 7) is -0.209. The zero-order valence-corrected chi connectivity index (χ0v) is 17.7. The van der Waals surface area contributed by atoms with E-state index >= 15 is 0 Å². The molecule has 5 nitrogen and oxygen atoms in total. The van der Waals surface area contributed by atoms with Gasteiger partial charge in [0.2, 0.25) is 0 Å². The van der Waals surface area contributed by atoms with Gasteiger partial charge in [-0.05, 0) is 35.7 Å². The minimum Gasteiger partial charge on any atom is -0.343 e. The maximum atomic E-state index is 13.0. The van der Waals surface area contributed by atoms with Crippen LogP contribution in [0.5, 0.6) is 0 Å². The van der Waals surface area contributed by atoms with Gasteiger partial charge >= 0.3 is 12.4 Å². The fourth-order valence-corrected chi connectivity index (χ4v) is 2.92. The Morgan fingerprint density at radius 1 is 1.00 bits per heavy atom. The van der Waals surface area contributed by atoms with Crippen LogP contribution in [0.2, 0.25) is 0 Å². The molecule has 176 valence electrons. The summed E-state index contributed by atoms with van der Waals surface area (Å²) in [5, 5.41) is 0. The molecule has 32 heavy (non-hydrogen) atoms. The van der Waals surface area contributed by atoms with Gasteiger partial charge in [0.15, 0.2) is 17.2 Å². The Kier molecular flexibility index (Phi) is 8.43. The standard InChI is InChI=1S/C20H19F6NO4S/c1-27(18(28)17(30-31-32(2)29)14-6-4-3-5-7-14)9-8-13-10-15(19(21,22)23)12-16(11-13)20(24,25)26/h3-7,10-12,17H,8-9H2,1-2H3/t17-,32?/m1/s1. The summed E-state index contributed by atoms with van der Waals surface area (Å²) < 4.78 is 93.9. The van der Waals surface area contributed by atoms with Crippen molar-refractivity contribution < 1.29 is 44.6 Å². The van der Waals surface area contributed by atoms with Crippen LogP contribution in [0.1, 0.15) is 28.4 Å². The lowest BCUT2D eigenvalue weighted by Gasteiger charge is -2.23. The number of nitrogens with zero attached hydrogens (tertiary/aromatic N) is 1. The second-order valence-electron chi connectivity index (χ2n) is 6.78. The molecule has 1 unspecified atom stereocenters. The van der Waals surface area contributed by atoms with Gasteiger partial charge in [0.25, 0.3) is 5.91 Å². The second kappa shape index (κ2) is 10.5. The number of carbonyl (C=O) groups is 1. The topological polar surface area (TPSA) is 55.8 Å². The zero-order chi connectivity index (χ0) is 24.1. The lowest BCUT2D eigenvalue weighted by Crippen LogP contribution is -2.34. The van der Waals surface area contributed by atoms with Crippen LogP contribution in [-0.2, 0) is 43.9 Å². The monoisotopic (exact) mass is 483 g/mol. The van der Waals surface area contributed by atoms with E-state index < -0.39 is 46.6 Å². The van der Waals surface area contributed by atoms with Crippen molar-refractivity contribution in [3.05, 3.63) is 70.8 Å². The summed E-state index contributed by atoms with van der Waals surface area (Å²) >= 11 is -1.85. The van der Waals surface area contributed by atoms with Crippen molar-refractivity contribution in [2.45, 2.75) is 24.9 Å². The highest BCUT2D eigenvalue weighted by atomic mass is 32.2. The predicted molar refractivity (Wildman–Crippen MR) is 103 cm³/mol.